The zero-order chi connectivity index (χ0) is 21.9. The summed E-state index contributed by atoms with van der Waals surface area (Å²) in [5.41, 5.74) is 1.14. The van der Waals surface area contributed by atoms with Crippen molar-refractivity contribution in [2.24, 2.45) is 4.99 Å². The van der Waals surface area contributed by atoms with Gasteiger partial charge < -0.3 is 20.9 Å². The van der Waals surface area contributed by atoms with Gasteiger partial charge in [-0.2, -0.15) is 0 Å². The molecule has 10 heteroatoms. The van der Waals surface area contributed by atoms with E-state index in [2.05, 4.69) is 45.0 Å². The molecule has 2 aliphatic rings. The lowest BCUT2D eigenvalue weighted by molar-refractivity contribution is -0.122. The highest BCUT2D eigenvalue weighted by molar-refractivity contribution is 14.0. The standard InChI is InChI=1S/C22H39N7OS.HI/c1-3-10-24-20(30)16-28-14-8-18(9-15-28)26-21(23-4-2)25-11-7-19-17-31-22(27-19)29-12-5-6-13-29;/h17-18H,3-16H2,1-2H3,(H,24,30)(H2,23,25,26);1H. The van der Waals surface area contributed by atoms with Gasteiger partial charge in [-0.25, -0.2) is 4.98 Å². The van der Waals surface area contributed by atoms with Gasteiger partial charge in [0.05, 0.1) is 12.2 Å². The Morgan fingerprint density at radius 2 is 1.94 bits per heavy atom. The largest absolute Gasteiger partial charge is 0.357 e. The number of nitrogens with zero attached hydrogens (tertiary/aromatic N) is 4. The predicted molar refractivity (Wildman–Crippen MR) is 145 cm³/mol. The van der Waals surface area contributed by atoms with E-state index in [0.717, 1.165) is 88.3 Å². The van der Waals surface area contributed by atoms with Crippen molar-refractivity contribution in [3.8, 4) is 0 Å². The smallest absolute Gasteiger partial charge is 0.234 e. The SMILES string of the molecule is CCCNC(=O)CN1CCC(NC(=NCCc2csc(N3CCCC3)n2)NCC)CC1.I. The van der Waals surface area contributed by atoms with Gasteiger partial charge in [0, 0.05) is 63.7 Å². The number of carbonyl (C=O) groups is 1. The Hall–Kier alpha value is -1.14. The molecule has 1 aromatic heterocycles. The summed E-state index contributed by atoms with van der Waals surface area (Å²) >= 11 is 1.75. The van der Waals surface area contributed by atoms with Gasteiger partial charge in [-0.3, -0.25) is 14.7 Å². The van der Waals surface area contributed by atoms with E-state index in [0.29, 0.717) is 12.6 Å². The van der Waals surface area contributed by atoms with Gasteiger partial charge in [0.1, 0.15) is 0 Å². The lowest BCUT2D eigenvalue weighted by Crippen LogP contribution is -2.50. The topological polar surface area (TPSA) is 84.9 Å². The molecular formula is C22H40IN7OS. The Balaban J connectivity index is 0.00000363. The van der Waals surface area contributed by atoms with Crippen molar-refractivity contribution in [1.29, 1.82) is 0 Å². The van der Waals surface area contributed by atoms with Crippen molar-refractivity contribution < 1.29 is 4.79 Å². The maximum Gasteiger partial charge on any atom is 0.234 e. The second kappa shape index (κ2) is 14.9. The number of aliphatic imine (C=N–C) groups is 1. The van der Waals surface area contributed by atoms with E-state index < -0.39 is 0 Å². The van der Waals surface area contributed by atoms with E-state index in [1.165, 1.54) is 12.8 Å². The maximum absolute atomic E-state index is 11.9. The molecule has 0 radical (unpaired) electrons. The van der Waals surface area contributed by atoms with Crippen molar-refractivity contribution in [3.05, 3.63) is 11.1 Å². The second-order valence-corrected chi connectivity index (χ2v) is 9.21. The van der Waals surface area contributed by atoms with Crippen LogP contribution in [0.15, 0.2) is 10.4 Å². The van der Waals surface area contributed by atoms with E-state index in [4.69, 9.17) is 9.98 Å². The molecule has 0 bridgehead atoms. The number of rotatable bonds is 10. The molecule has 0 aliphatic carbocycles. The van der Waals surface area contributed by atoms with Gasteiger partial charge in [0.25, 0.3) is 0 Å². The molecule has 1 aromatic rings. The van der Waals surface area contributed by atoms with Crippen molar-refractivity contribution >= 4 is 52.3 Å². The van der Waals surface area contributed by atoms with Crippen LogP contribution in [0, 0.1) is 0 Å². The zero-order valence-electron chi connectivity index (χ0n) is 19.6. The number of hydrogen-bond donors (Lipinski definition) is 3. The Bertz CT molecular complexity index is 700. The number of nitrogens with one attached hydrogen (secondary N) is 3. The third-order valence-electron chi connectivity index (χ3n) is 5.77. The highest BCUT2D eigenvalue weighted by Gasteiger charge is 2.21. The monoisotopic (exact) mass is 577 g/mol. The van der Waals surface area contributed by atoms with Gasteiger partial charge >= 0.3 is 0 Å². The first-order chi connectivity index (χ1) is 15.2. The predicted octanol–water partition coefficient (Wildman–Crippen LogP) is 2.45. The molecule has 182 valence electrons. The first kappa shape index (κ1) is 27.1. The van der Waals surface area contributed by atoms with E-state index in [9.17, 15) is 4.79 Å². The zero-order valence-corrected chi connectivity index (χ0v) is 22.7. The number of likely N-dealkylation sites (tertiary alicyclic amines) is 1. The van der Waals surface area contributed by atoms with E-state index in [-0.39, 0.29) is 29.9 Å². The number of guanidine groups is 1. The van der Waals surface area contributed by atoms with Crippen LogP contribution in [-0.4, -0.2) is 80.2 Å². The normalized spacial score (nSPS) is 17.8. The van der Waals surface area contributed by atoms with E-state index >= 15 is 0 Å². The van der Waals surface area contributed by atoms with Crippen molar-refractivity contribution in [3.63, 3.8) is 0 Å². The van der Waals surface area contributed by atoms with Crippen LogP contribution < -0.4 is 20.9 Å². The number of carbonyl (C=O) groups excluding carboxylic acids is 1. The first-order valence-electron chi connectivity index (χ1n) is 11.9. The van der Waals surface area contributed by atoms with E-state index in [1.54, 1.807) is 11.3 Å². The molecule has 2 aliphatic heterocycles. The van der Waals surface area contributed by atoms with Gasteiger partial charge in [-0.15, -0.1) is 35.3 Å². The minimum absolute atomic E-state index is 0. The maximum atomic E-state index is 11.9. The number of halogens is 1. The Labute approximate surface area is 214 Å². The van der Waals surface area contributed by atoms with Gasteiger partial charge in [0.15, 0.2) is 11.1 Å². The number of anilines is 1. The summed E-state index contributed by atoms with van der Waals surface area (Å²) in [7, 11) is 0. The average Bonchev–Trinajstić information content (AvgIpc) is 3.46. The highest BCUT2D eigenvalue weighted by Crippen LogP contribution is 2.24. The summed E-state index contributed by atoms with van der Waals surface area (Å²) < 4.78 is 0. The number of thiazole rings is 1. The average molecular weight is 578 g/mol. The molecule has 2 fully saturated rings. The first-order valence-corrected chi connectivity index (χ1v) is 12.8. The molecular weight excluding hydrogens is 537 g/mol. The fourth-order valence-corrected chi connectivity index (χ4v) is 4.93. The van der Waals surface area contributed by atoms with Crippen LogP contribution >= 0.6 is 35.3 Å². The Morgan fingerprint density at radius 1 is 1.19 bits per heavy atom. The Kier molecular flexibility index (Phi) is 12.6. The molecule has 8 nitrogen and oxygen atoms in total. The molecule has 32 heavy (non-hydrogen) atoms. The molecule has 3 N–H and O–H groups in total. The molecule has 1 amide bonds. The summed E-state index contributed by atoms with van der Waals surface area (Å²) in [5.74, 6) is 1.02. The van der Waals surface area contributed by atoms with Crippen molar-refractivity contribution in [2.45, 2.75) is 58.4 Å². The molecule has 0 spiro atoms. The minimum Gasteiger partial charge on any atom is -0.357 e. The fourth-order valence-electron chi connectivity index (χ4n) is 4.02. The van der Waals surface area contributed by atoms with Crippen LogP contribution in [0.2, 0.25) is 0 Å². The van der Waals surface area contributed by atoms with Crippen LogP contribution in [0.4, 0.5) is 5.13 Å². The van der Waals surface area contributed by atoms with Crippen LogP contribution in [0.5, 0.6) is 0 Å². The third-order valence-corrected chi connectivity index (χ3v) is 6.72. The van der Waals surface area contributed by atoms with Crippen molar-refractivity contribution in [1.82, 2.24) is 25.8 Å². The van der Waals surface area contributed by atoms with Crippen LogP contribution in [0.3, 0.4) is 0 Å². The fraction of sp³-hybridized carbons (Fsp3) is 0.773. The van der Waals surface area contributed by atoms with Gasteiger partial charge in [-0.05, 0) is 39.0 Å². The number of hydrogen-bond acceptors (Lipinski definition) is 6. The number of aromatic nitrogens is 1. The molecule has 0 unspecified atom stereocenters. The lowest BCUT2D eigenvalue weighted by atomic mass is 10.1. The number of piperidine rings is 1. The summed E-state index contributed by atoms with van der Waals surface area (Å²) in [6, 6.07) is 0.397. The number of amides is 1. The molecule has 0 saturated carbocycles. The van der Waals surface area contributed by atoms with Crippen LogP contribution in [0.25, 0.3) is 0 Å². The molecule has 3 heterocycles. The van der Waals surface area contributed by atoms with Crippen LogP contribution in [-0.2, 0) is 11.2 Å². The minimum atomic E-state index is 0. The Morgan fingerprint density at radius 3 is 2.62 bits per heavy atom. The molecule has 2 saturated heterocycles. The molecule has 0 atom stereocenters. The quantitative estimate of drug-likeness (QED) is 0.225. The molecule has 3 rings (SSSR count). The summed E-state index contributed by atoms with van der Waals surface area (Å²) in [4.78, 5) is 26.1. The summed E-state index contributed by atoms with van der Waals surface area (Å²) in [5, 5.41) is 13.3. The van der Waals surface area contributed by atoms with Crippen LogP contribution in [0.1, 0.15) is 51.6 Å². The van der Waals surface area contributed by atoms with E-state index in [1.807, 2.05) is 0 Å². The summed E-state index contributed by atoms with van der Waals surface area (Å²) in [6.45, 7) is 11.2. The second-order valence-electron chi connectivity index (χ2n) is 8.37. The third kappa shape index (κ3) is 9.01. The van der Waals surface area contributed by atoms with Gasteiger partial charge in [0.2, 0.25) is 5.91 Å². The van der Waals surface area contributed by atoms with Crippen molar-refractivity contribution in [2.75, 3.05) is 57.3 Å². The van der Waals surface area contributed by atoms with Gasteiger partial charge in [-0.1, -0.05) is 6.92 Å². The summed E-state index contributed by atoms with van der Waals surface area (Å²) in [6.07, 6.45) is 6.45. The highest BCUT2D eigenvalue weighted by atomic mass is 127. The lowest BCUT2D eigenvalue weighted by Gasteiger charge is -2.32. The molecule has 0 aromatic carbocycles.